The van der Waals surface area contributed by atoms with Crippen molar-refractivity contribution in [1.29, 1.82) is 0 Å². The highest BCUT2D eigenvalue weighted by molar-refractivity contribution is 5.02. The number of nitrogens with one attached hydrogen (secondary N) is 1. The lowest BCUT2D eigenvalue weighted by atomic mass is 10.1. The Bertz CT molecular complexity index is 378. The summed E-state index contributed by atoms with van der Waals surface area (Å²) in [6, 6.07) is -0.0522. The van der Waals surface area contributed by atoms with E-state index in [1.165, 1.54) is 0 Å². The summed E-state index contributed by atoms with van der Waals surface area (Å²) >= 11 is 0. The highest BCUT2D eigenvalue weighted by Gasteiger charge is 2.32. The van der Waals surface area contributed by atoms with Gasteiger partial charge in [0.05, 0.1) is 12.1 Å². The fourth-order valence-corrected chi connectivity index (χ4v) is 1.95. The molecule has 1 saturated heterocycles. The summed E-state index contributed by atoms with van der Waals surface area (Å²) in [6.45, 7) is 6.90. The minimum absolute atomic E-state index is 0.0522. The average Bonchev–Trinajstić information content (AvgIpc) is 2.85. The van der Waals surface area contributed by atoms with Gasteiger partial charge in [0.2, 0.25) is 11.7 Å². The molecule has 2 N–H and O–H groups in total. The first-order valence-corrected chi connectivity index (χ1v) is 5.92. The monoisotopic (exact) mass is 241 g/mol. The molecule has 0 unspecified atom stereocenters. The van der Waals surface area contributed by atoms with Crippen molar-refractivity contribution in [2.45, 2.75) is 44.9 Å². The number of ether oxygens (including phenoxy) is 1. The second kappa shape index (κ2) is 4.72. The van der Waals surface area contributed by atoms with Crippen molar-refractivity contribution < 1.29 is 14.4 Å². The van der Waals surface area contributed by atoms with Crippen LogP contribution in [0.4, 0.5) is 0 Å². The van der Waals surface area contributed by atoms with Crippen molar-refractivity contribution in [2.24, 2.45) is 0 Å². The molecule has 1 aromatic rings. The molecule has 0 aromatic carbocycles. The molecule has 0 saturated carbocycles. The van der Waals surface area contributed by atoms with E-state index in [4.69, 9.17) is 9.26 Å². The van der Waals surface area contributed by atoms with Crippen molar-refractivity contribution in [3.05, 3.63) is 11.7 Å². The quantitative estimate of drug-likeness (QED) is 0.809. The molecule has 17 heavy (non-hydrogen) atoms. The van der Waals surface area contributed by atoms with Gasteiger partial charge >= 0.3 is 0 Å². The number of aromatic nitrogens is 2. The van der Waals surface area contributed by atoms with Crippen molar-refractivity contribution >= 4 is 0 Å². The molecule has 2 rings (SSSR count). The lowest BCUT2D eigenvalue weighted by Crippen LogP contribution is -2.23. The Morgan fingerprint density at radius 1 is 1.59 bits per heavy atom. The Kier molecular flexibility index (Phi) is 3.46. The molecule has 1 aromatic heterocycles. The van der Waals surface area contributed by atoms with Crippen molar-refractivity contribution in [3.8, 4) is 0 Å². The lowest BCUT2D eigenvalue weighted by molar-refractivity contribution is -0.0221. The van der Waals surface area contributed by atoms with Gasteiger partial charge in [-0.25, -0.2) is 0 Å². The van der Waals surface area contributed by atoms with E-state index >= 15 is 0 Å². The van der Waals surface area contributed by atoms with Crippen LogP contribution in [-0.4, -0.2) is 34.5 Å². The van der Waals surface area contributed by atoms with Crippen molar-refractivity contribution in [1.82, 2.24) is 15.5 Å². The van der Waals surface area contributed by atoms with Crippen LogP contribution >= 0.6 is 0 Å². The third-order valence-corrected chi connectivity index (χ3v) is 2.89. The third kappa shape index (κ3) is 2.65. The first kappa shape index (κ1) is 12.5. The maximum absolute atomic E-state index is 9.43. The van der Waals surface area contributed by atoms with Gasteiger partial charge in [-0.1, -0.05) is 5.16 Å². The van der Waals surface area contributed by atoms with E-state index < -0.39 is 5.60 Å². The molecule has 0 amide bonds. The van der Waals surface area contributed by atoms with E-state index in [0.717, 1.165) is 0 Å². The molecule has 0 radical (unpaired) electrons. The number of aliphatic hydroxyl groups excluding tert-OH is 1. The van der Waals surface area contributed by atoms with Gasteiger partial charge in [-0.15, -0.1) is 0 Å². The zero-order chi connectivity index (χ0) is 12.5. The van der Waals surface area contributed by atoms with Gasteiger partial charge in [0, 0.05) is 13.2 Å². The van der Waals surface area contributed by atoms with Gasteiger partial charge in [0.1, 0.15) is 5.60 Å². The van der Waals surface area contributed by atoms with Crippen LogP contribution in [0.1, 0.15) is 44.9 Å². The van der Waals surface area contributed by atoms with E-state index in [1.54, 1.807) is 0 Å². The molecule has 1 fully saturated rings. The smallest absolute Gasteiger partial charge is 0.243 e. The second-order valence-corrected chi connectivity index (χ2v) is 4.75. The minimum Gasteiger partial charge on any atom is -0.392 e. The Hall–Kier alpha value is -0.980. The van der Waals surface area contributed by atoms with E-state index in [-0.39, 0.29) is 12.1 Å². The predicted octanol–water partition coefficient (Wildman–Crippen LogP) is 0.736. The van der Waals surface area contributed by atoms with Crippen molar-refractivity contribution in [3.63, 3.8) is 0 Å². The molecule has 2 atom stereocenters. The molecule has 2 heterocycles. The van der Waals surface area contributed by atoms with Crippen LogP contribution in [0, 0.1) is 0 Å². The first-order chi connectivity index (χ1) is 8.03. The van der Waals surface area contributed by atoms with Crippen LogP contribution < -0.4 is 5.32 Å². The van der Waals surface area contributed by atoms with Gasteiger partial charge in [0.15, 0.2) is 0 Å². The first-order valence-electron chi connectivity index (χ1n) is 5.92. The minimum atomic E-state index is -0.548. The molecule has 0 bridgehead atoms. The van der Waals surface area contributed by atoms with Crippen LogP contribution in [0.2, 0.25) is 0 Å². The zero-order valence-corrected chi connectivity index (χ0v) is 10.4. The summed E-state index contributed by atoms with van der Waals surface area (Å²) in [5.41, 5.74) is -0.548. The van der Waals surface area contributed by atoms with E-state index in [0.29, 0.717) is 31.3 Å². The largest absolute Gasteiger partial charge is 0.392 e. The van der Waals surface area contributed by atoms with Crippen LogP contribution in [0.25, 0.3) is 0 Å². The fourth-order valence-electron chi connectivity index (χ4n) is 1.95. The SMILES string of the molecule is CCOC(C)(C)c1noc([C@@H]2C[C@@H](O)CN2)n1. The Balaban J connectivity index is 2.10. The number of β-amino-alcohol motifs (C(OH)–C–C–N with tert-alkyl or cyclic N) is 1. The summed E-state index contributed by atoms with van der Waals surface area (Å²) in [5.74, 6) is 1.06. The number of nitrogens with zero attached hydrogens (tertiary/aromatic N) is 2. The molecule has 0 spiro atoms. The summed E-state index contributed by atoms with van der Waals surface area (Å²) in [7, 11) is 0. The van der Waals surface area contributed by atoms with Crippen LogP contribution in [0.3, 0.4) is 0 Å². The summed E-state index contributed by atoms with van der Waals surface area (Å²) in [5, 5.41) is 16.5. The predicted molar refractivity (Wildman–Crippen MR) is 60.3 cm³/mol. The normalized spacial score (nSPS) is 25.4. The summed E-state index contributed by atoms with van der Waals surface area (Å²) < 4.78 is 10.8. The number of hydrogen-bond donors (Lipinski definition) is 2. The van der Waals surface area contributed by atoms with Crippen LogP contribution in [0.5, 0.6) is 0 Å². The van der Waals surface area contributed by atoms with Gasteiger partial charge < -0.3 is 19.7 Å². The highest BCUT2D eigenvalue weighted by atomic mass is 16.5. The standard InChI is InChI=1S/C11H19N3O3/c1-4-16-11(2,3)10-13-9(17-14-10)8-5-7(15)6-12-8/h7-8,12,15H,4-6H2,1-3H3/t7-,8+/m1/s1. The number of aliphatic hydroxyl groups is 1. The molecule has 0 aliphatic carbocycles. The second-order valence-electron chi connectivity index (χ2n) is 4.75. The molecule has 6 heteroatoms. The summed E-state index contributed by atoms with van der Waals surface area (Å²) in [6.07, 6.45) is 0.270. The van der Waals surface area contributed by atoms with E-state index in [1.807, 2.05) is 20.8 Å². The van der Waals surface area contributed by atoms with Crippen LogP contribution in [0.15, 0.2) is 4.52 Å². The van der Waals surface area contributed by atoms with E-state index in [2.05, 4.69) is 15.5 Å². The number of rotatable bonds is 4. The van der Waals surface area contributed by atoms with E-state index in [9.17, 15) is 5.11 Å². The van der Waals surface area contributed by atoms with Crippen molar-refractivity contribution in [2.75, 3.05) is 13.2 Å². The van der Waals surface area contributed by atoms with Crippen LogP contribution in [-0.2, 0) is 10.3 Å². The maximum atomic E-state index is 9.43. The zero-order valence-electron chi connectivity index (χ0n) is 10.4. The van der Waals surface area contributed by atoms with Gasteiger partial charge in [0.25, 0.3) is 0 Å². The maximum Gasteiger partial charge on any atom is 0.243 e. The highest BCUT2D eigenvalue weighted by Crippen LogP contribution is 2.26. The average molecular weight is 241 g/mol. The third-order valence-electron chi connectivity index (χ3n) is 2.89. The van der Waals surface area contributed by atoms with Gasteiger partial charge in [-0.3, -0.25) is 0 Å². The van der Waals surface area contributed by atoms with Gasteiger partial charge in [-0.05, 0) is 27.2 Å². The molecule has 96 valence electrons. The molecule has 1 aliphatic heterocycles. The molecule has 1 aliphatic rings. The fraction of sp³-hybridized carbons (Fsp3) is 0.818. The molecular weight excluding hydrogens is 222 g/mol. The molecular formula is C11H19N3O3. The topological polar surface area (TPSA) is 80.4 Å². The Morgan fingerprint density at radius 2 is 2.35 bits per heavy atom. The lowest BCUT2D eigenvalue weighted by Gasteiger charge is -2.19. The molecule has 6 nitrogen and oxygen atoms in total. The Morgan fingerprint density at radius 3 is 2.94 bits per heavy atom. The summed E-state index contributed by atoms with van der Waals surface area (Å²) in [4.78, 5) is 4.34. The number of hydrogen-bond acceptors (Lipinski definition) is 6. The Labute approximate surface area is 100 Å². The van der Waals surface area contributed by atoms with Gasteiger partial charge in [-0.2, -0.15) is 4.98 Å².